The molecule has 0 unspecified atom stereocenters. The van der Waals surface area contributed by atoms with Gasteiger partial charge in [0.25, 0.3) is 0 Å². The Morgan fingerprint density at radius 2 is 2.11 bits per heavy atom. The van der Waals surface area contributed by atoms with Gasteiger partial charge in [-0.15, -0.1) is 0 Å². The smallest absolute Gasteiger partial charge is 0.175 e. The fourth-order valence-corrected chi connectivity index (χ4v) is 2.42. The number of aromatic amines is 1. The molecule has 1 aromatic carbocycles. The summed E-state index contributed by atoms with van der Waals surface area (Å²) in [6.45, 7) is 6.94. The third-order valence-electron chi connectivity index (χ3n) is 3.14. The lowest BCUT2D eigenvalue weighted by Gasteiger charge is -2.10. The second-order valence-electron chi connectivity index (χ2n) is 4.79. The maximum atomic E-state index is 5.76. The van der Waals surface area contributed by atoms with E-state index in [0.717, 1.165) is 21.7 Å². The highest BCUT2D eigenvalue weighted by Gasteiger charge is 2.13. The quantitative estimate of drug-likeness (QED) is 0.907. The van der Waals surface area contributed by atoms with E-state index in [9.17, 15) is 0 Å². The lowest BCUT2D eigenvalue weighted by molar-refractivity contribution is 0.866. The molecular formula is C14H18BrN3. The number of hydrogen-bond acceptors (Lipinski definition) is 2. The van der Waals surface area contributed by atoms with E-state index in [-0.39, 0.29) is 0 Å². The van der Waals surface area contributed by atoms with Gasteiger partial charge in [-0.05, 0) is 46.0 Å². The topological polar surface area (TPSA) is 54.7 Å². The number of hydrogen-bond donors (Lipinski definition) is 2. The predicted octanol–water partition coefficient (Wildman–Crippen LogP) is 3.73. The zero-order valence-corrected chi connectivity index (χ0v) is 12.5. The van der Waals surface area contributed by atoms with Gasteiger partial charge in [0.2, 0.25) is 0 Å². The summed E-state index contributed by atoms with van der Waals surface area (Å²) in [7, 11) is 0. The summed E-state index contributed by atoms with van der Waals surface area (Å²) in [4.78, 5) is 7.64. The largest absolute Gasteiger partial charge is 0.335 e. The van der Waals surface area contributed by atoms with Crippen molar-refractivity contribution >= 4 is 15.9 Å². The first-order valence-corrected chi connectivity index (χ1v) is 6.87. The van der Waals surface area contributed by atoms with Crippen LogP contribution in [0.2, 0.25) is 0 Å². The van der Waals surface area contributed by atoms with Gasteiger partial charge in [-0.2, -0.15) is 0 Å². The first-order valence-electron chi connectivity index (χ1n) is 6.08. The van der Waals surface area contributed by atoms with Crippen molar-refractivity contribution < 1.29 is 0 Å². The second-order valence-corrected chi connectivity index (χ2v) is 5.54. The SMILES string of the molecule is Cc1ccc(C(C)C)cc1-c1nc(Br)[nH]c1CN. The summed E-state index contributed by atoms with van der Waals surface area (Å²) < 4.78 is 0.729. The minimum Gasteiger partial charge on any atom is -0.335 e. The van der Waals surface area contributed by atoms with Crippen LogP contribution in [-0.2, 0) is 6.54 Å². The Hall–Kier alpha value is -1.13. The number of benzene rings is 1. The molecule has 0 spiro atoms. The number of imidazole rings is 1. The maximum Gasteiger partial charge on any atom is 0.175 e. The van der Waals surface area contributed by atoms with E-state index < -0.39 is 0 Å². The van der Waals surface area contributed by atoms with E-state index in [4.69, 9.17) is 5.73 Å². The predicted molar refractivity (Wildman–Crippen MR) is 78.4 cm³/mol. The van der Waals surface area contributed by atoms with Crippen LogP contribution in [0.3, 0.4) is 0 Å². The monoisotopic (exact) mass is 307 g/mol. The number of aromatic nitrogens is 2. The highest BCUT2D eigenvalue weighted by molar-refractivity contribution is 9.10. The second kappa shape index (κ2) is 5.24. The van der Waals surface area contributed by atoms with Crippen molar-refractivity contribution in [3.8, 4) is 11.3 Å². The molecule has 3 nitrogen and oxygen atoms in total. The van der Waals surface area contributed by atoms with E-state index >= 15 is 0 Å². The number of rotatable bonds is 3. The van der Waals surface area contributed by atoms with Crippen molar-refractivity contribution in [2.24, 2.45) is 5.73 Å². The van der Waals surface area contributed by atoms with Crippen molar-refractivity contribution in [3.63, 3.8) is 0 Å². The zero-order chi connectivity index (χ0) is 13.3. The van der Waals surface area contributed by atoms with Crippen molar-refractivity contribution in [2.75, 3.05) is 0 Å². The Bertz CT molecular complexity index is 558. The van der Waals surface area contributed by atoms with Crippen LogP contribution in [0, 0.1) is 6.92 Å². The Morgan fingerprint density at radius 3 is 2.72 bits per heavy atom. The van der Waals surface area contributed by atoms with E-state index in [2.05, 4.69) is 64.9 Å². The summed E-state index contributed by atoms with van der Waals surface area (Å²) in [5, 5.41) is 0. The summed E-state index contributed by atoms with van der Waals surface area (Å²) >= 11 is 3.37. The average Bonchev–Trinajstić information content (AvgIpc) is 2.70. The molecule has 0 radical (unpaired) electrons. The van der Waals surface area contributed by atoms with Gasteiger partial charge in [0.05, 0.1) is 11.4 Å². The van der Waals surface area contributed by atoms with Gasteiger partial charge in [0, 0.05) is 12.1 Å². The number of halogens is 1. The van der Waals surface area contributed by atoms with Crippen molar-refractivity contribution in [3.05, 3.63) is 39.8 Å². The Morgan fingerprint density at radius 1 is 1.39 bits per heavy atom. The van der Waals surface area contributed by atoms with Crippen LogP contribution >= 0.6 is 15.9 Å². The molecule has 2 rings (SSSR count). The first-order chi connectivity index (χ1) is 8.52. The van der Waals surface area contributed by atoms with Crippen LogP contribution in [0.1, 0.15) is 36.6 Å². The number of nitrogens with zero attached hydrogens (tertiary/aromatic N) is 1. The molecule has 18 heavy (non-hydrogen) atoms. The fourth-order valence-electron chi connectivity index (χ4n) is 2.00. The maximum absolute atomic E-state index is 5.76. The molecule has 0 aliphatic carbocycles. The zero-order valence-electron chi connectivity index (χ0n) is 10.9. The molecule has 0 aliphatic heterocycles. The molecule has 2 aromatic rings. The van der Waals surface area contributed by atoms with Gasteiger partial charge < -0.3 is 10.7 Å². The van der Waals surface area contributed by atoms with Crippen LogP contribution in [0.25, 0.3) is 11.3 Å². The third-order valence-corrected chi connectivity index (χ3v) is 3.51. The van der Waals surface area contributed by atoms with Crippen molar-refractivity contribution in [2.45, 2.75) is 33.2 Å². The van der Waals surface area contributed by atoms with Crippen LogP contribution in [0.4, 0.5) is 0 Å². The molecule has 0 aliphatic rings. The van der Waals surface area contributed by atoms with E-state index in [1.165, 1.54) is 11.1 Å². The molecular weight excluding hydrogens is 290 g/mol. The van der Waals surface area contributed by atoms with Crippen molar-refractivity contribution in [1.29, 1.82) is 0 Å². The molecule has 0 atom stereocenters. The summed E-state index contributed by atoms with van der Waals surface area (Å²) in [5.41, 5.74) is 11.4. The van der Waals surface area contributed by atoms with Gasteiger partial charge in [-0.25, -0.2) is 4.98 Å². The van der Waals surface area contributed by atoms with Crippen LogP contribution in [0.15, 0.2) is 22.9 Å². The normalized spacial score (nSPS) is 11.2. The van der Waals surface area contributed by atoms with Crippen LogP contribution in [0.5, 0.6) is 0 Å². The lowest BCUT2D eigenvalue weighted by atomic mass is 9.96. The highest BCUT2D eigenvalue weighted by Crippen LogP contribution is 2.29. The fraction of sp³-hybridized carbons (Fsp3) is 0.357. The number of nitrogens with two attached hydrogens (primary N) is 1. The molecule has 0 fully saturated rings. The first kappa shape index (κ1) is 13.3. The Labute approximate surface area is 116 Å². The Balaban J connectivity index is 2.58. The lowest BCUT2D eigenvalue weighted by Crippen LogP contribution is -2.00. The van der Waals surface area contributed by atoms with Gasteiger partial charge >= 0.3 is 0 Å². The van der Waals surface area contributed by atoms with Gasteiger partial charge in [-0.1, -0.05) is 26.0 Å². The minimum absolute atomic E-state index is 0.458. The molecule has 1 aromatic heterocycles. The average molecular weight is 308 g/mol. The molecule has 0 saturated carbocycles. The number of H-pyrrole nitrogens is 1. The number of nitrogens with one attached hydrogen (secondary N) is 1. The number of aryl methyl sites for hydroxylation is 1. The minimum atomic E-state index is 0.458. The molecule has 3 N–H and O–H groups in total. The van der Waals surface area contributed by atoms with Crippen molar-refractivity contribution in [1.82, 2.24) is 9.97 Å². The van der Waals surface area contributed by atoms with Gasteiger partial charge in [-0.3, -0.25) is 0 Å². The molecule has 4 heteroatoms. The van der Waals surface area contributed by atoms with Gasteiger partial charge in [0.15, 0.2) is 4.73 Å². The molecule has 0 bridgehead atoms. The molecule has 0 amide bonds. The van der Waals surface area contributed by atoms with Crippen LogP contribution in [-0.4, -0.2) is 9.97 Å². The molecule has 0 saturated heterocycles. The summed E-state index contributed by atoms with van der Waals surface area (Å²) in [6.07, 6.45) is 0. The van der Waals surface area contributed by atoms with E-state index in [0.29, 0.717) is 12.5 Å². The molecule has 96 valence electrons. The standard InChI is InChI=1S/C14H18BrN3/c1-8(2)10-5-4-9(3)11(6-10)13-12(7-16)17-14(15)18-13/h4-6,8H,7,16H2,1-3H3,(H,17,18). The van der Waals surface area contributed by atoms with Gasteiger partial charge in [0.1, 0.15) is 0 Å². The third kappa shape index (κ3) is 2.49. The summed E-state index contributed by atoms with van der Waals surface area (Å²) in [5.74, 6) is 0.507. The van der Waals surface area contributed by atoms with E-state index in [1.54, 1.807) is 0 Å². The van der Waals surface area contributed by atoms with E-state index in [1.807, 2.05) is 0 Å². The highest BCUT2D eigenvalue weighted by atomic mass is 79.9. The molecule has 1 heterocycles. The Kier molecular flexibility index (Phi) is 3.88. The summed E-state index contributed by atoms with van der Waals surface area (Å²) in [6, 6.07) is 6.53. The van der Waals surface area contributed by atoms with Crippen LogP contribution < -0.4 is 5.73 Å².